The van der Waals surface area contributed by atoms with E-state index in [1.165, 1.54) is 0 Å². The number of nitrogens with one attached hydrogen (secondary N) is 1. The number of hydrogen-bond acceptors (Lipinski definition) is 7. The minimum absolute atomic E-state index is 0.0156. The summed E-state index contributed by atoms with van der Waals surface area (Å²) >= 11 is 5.60. The number of amides is 1. The molecule has 0 aliphatic heterocycles. The van der Waals surface area contributed by atoms with Crippen LogP contribution in [0.3, 0.4) is 0 Å². The van der Waals surface area contributed by atoms with Crippen LogP contribution in [-0.4, -0.2) is 50.0 Å². The second-order valence-electron chi connectivity index (χ2n) is 5.81. The van der Waals surface area contributed by atoms with Gasteiger partial charge in [-0.05, 0) is 0 Å². The van der Waals surface area contributed by atoms with Gasteiger partial charge in [-0.2, -0.15) is 12.6 Å². The van der Waals surface area contributed by atoms with Gasteiger partial charge in [-0.3, -0.25) is 14.4 Å². The first-order valence-corrected chi connectivity index (χ1v) is 11.0. The monoisotopic (exact) mass is 449 g/mol. The number of thiol groups is 1. The second-order valence-corrected chi connectivity index (χ2v) is 8.34. The molecule has 1 amide bonds. The molecule has 9 heteroatoms. The highest BCUT2D eigenvalue weighted by Crippen LogP contribution is 2.24. The minimum Gasteiger partial charge on any atom is -0.480 e. The lowest BCUT2D eigenvalue weighted by Crippen LogP contribution is -2.46. The number of carbonyl (C=O) groups is 4. The molecule has 0 saturated carbocycles. The third kappa shape index (κ3) is 7.26. The summed E-state index contributed by atoms with van der Waals surface area (Å²) in [7, 11) is 0. The molecule has 0 bridgehead atoms. The van der Waals surface area contributed by atoms with Gasteiger partial charge in [0.15, 0.2) is 0 Å². The number of thioether (sulfide) groups is 2. The summed E-state index contributed by atoms with van der Waals surface area (Å²) in [5.41, 5.74) is 0.897. The van der Waals surface area contributed by atoms with Gasteiger partial charge in [-0.25, -0.2) is 4.79 Å². The average Bonchev–Trinajstić information content (AvgIpc) is 2.75. The highest BCUT2D eigenvalue weighted by atomic mass is 32.2. The Morgan fingerprint density at radius 3 is 1.90 bits per heavy atom. The van der Waals surface area contributed by atoms with Crippen molar-refractivity contribution in [2.45, 2.75) is 11.3 Å². The van der Waals surface area contributed by atoms with Crippen LogP contribution in [0.5, 0.6) is 0 Å². The van der Waals surface area contributed by atoms with Crippen molar-refractivity contribution in [1.29, 1.82) is 0 Å². The van der Waals surface area contributed by atoms with Gasteiger partial charge < -0.3 is 10.4 Å². The van der Waals surface area contributed by atoms with Crippen LogP contribution >= 0.6 is 36.2 Å². The van der Waals surface area contributed by atoms with E-state index < -0.39 is 23.2 Å². The Labute approximate surface area is 182 Å². The molecule has 2 N–H and O–H groups in total. The standard InChI is InChI=1S/C20H19NO5S3/c22-17(21-15(11-27)18(23)24)16(29-20(26)14-9-5-2-6-10-14)12-28-19(25)13-7-3-1-4-8-13/h1-10,15-16,27H,11-12H2,(H,21,22)(H,23,24). The largest absolute Gasteiger partial charge is 0.480 e. The number of carbonyl (C=O) groups excluding carboxylic acids is 3. The SMILES string of the molecule is O=C(SCC(SC(=O)c1ccccc1)C(=O)NC(CS)C(=O)O)c1ccccc1. The molecule has 0 saturated heterocycles. The van der Waals surface area contributed by atoms with Gasteiger partial charge in [0.1, 0.15) is 11.3 Å². The summed E-state index contributed by atoms with van der Waals surface area (Å²) in [6.45, 7) is 0. The molecule has 2 rings (SSSR count). The first-order chi connectivity index (χ1) is 13.9. The molecular weight excluding hydrogens is 430 g/mol. The number of carboxylic acids is 1. The van der Waals surface area contributed by atoms with E-state index in [1.54, 1.807) is 60.7 Å². The summed E-state index contributed by atoms with van der Waals surface area (Å²) < 4.78 is 0. The number of aliphatic carboxylic acids is 1. The molecule has 2 atom stereocenters. The van der Waals surface area contributed by atoms with Crippen LogP contribution in [0.25, 0.3) is 0 Å². The maximum Gasteiger partial charge on any atom is 0.327 e. The summed E-state index contributed by atoms with van der Waals surface area (Å²) in [5.74, 6) is -1.93. The van der Waals surface area contributed by atoms with Gasteiger partial charge in [0, 0.05) is 22.6 Å². The van der Waals surface area contributed by atoms with Crippen molar-refractivity contribution in [2.75, 3.05) is 11.5 Å². The van der Waals surface area contributed by atoms with Gasteiger partial charge in [0.05, 0.1) is 0 Å². The van der Waals surface area contributed by atoms with Crippen molar-refractivity contribution in [3.63, 3.8) is 0 Å². The zero-order valence-corrected chi connectivity index (χ0v) is 17.7. The van der Waals surface area contributed by atoms with E-state index in [9.17, 15) is 19.2 Å². The maximum absolute atomic E-state index is 12.6. The minimum atomic E-state index is -1.22. The van der Waals surface area contributed by atoms with Gasteiger partial charge in [-0.15, -0.1) is 0 Å². The van der Waals surface area contributed by atoms with E-state index in [0.717, 1.165) is 23.5 Å². The van der Waals surface area contributed by atoms with Crippen LogP contribution in [-0.2, 0) is 9.59 Å². The topological polar surface area (TPSA) is 101 Å². The van der Waals surface area contributed by atoms with E-state index in [-0.39, 0.29) is 21.7 Å². The first kappa shape index (κ1) is 23.1. The smallest absolute Gasteiger partial charge is 0.327 e. The van der Waals surface area contributed by atoms with Crippen molar-refractivity contribution < 1.29 is 24.3 Å². The molecule has 2 aromatic rings. The zero-order chi connectivity index (χ0) is 21.2. The quantitative estimate of drug-likeness (QED) is 0.506. The summed E-state index contributed by atoms with van der Waals surface area (Å²) in [6.07, 6.45) is 0. The molecule has 2 aromatic carbocycles. The molecule has 0 fully saturated rings. The Balaban J connectivity index is 2.11. The van der Waals surface area contributed by atoms with Crippen molar-refractivity contribution in [2.24, 2.45) is 0 Å². The van der Waals surface area contributed by atoms with E-state index >= 15 is 0 Å². The van der Waals surface area contributed by atoms with Crippen molar-refractivity contribution in [3.8, 4) is 0 Å². The molecule has 6 nitrogen and oxygen atoms in total. The van der Waals surface area contributed by atoms with Crippen LogP contribution in [0.1, 0.15) is 20.7 Å². The first-order valence-electron chi connectivity index (χ1n) is 8.54. The lowest BCUT2D eigenvalue weighted by atomic mass is 10.2. The lowest BCUT2D eigenvalue weighted by Gasteiger charge is -2.18. The Hall–Kier alpha value is -2.23. The molecule has 0 aliphatic carbocycles. The fraction of sp³-hybridized carbons (Fsp3) is 0.200. The van der Waals surface area contributed by atoms with Gasteiger partial charge in [-0.1, -0.05) is 84.2 Å². The molecule has 0 aliphatic rings. The van der Waals surface area contributed by atoms with E-state index in [1.807, 2.05) is 0 Å². The molecule has 2 unspecified atom stereocenters. The van der Waals surface area contributed by atoms with Crippen LogP contribution in [0.4, 0.5) is 0 Å². The van der Waals surface area contributed by atoms with E-state index in [0.29, 0.717) is 11.1 Å². The van der Waals surface area contributed by atoms with Crippen LogP contribution in [0, 0.1) is 0 Å². The van der Waals surface area contributed by atoms with E-state index in [2.05, 4.69) is 17.9 Å². The number of carboxylic acid groups (broad SMARTS) is 1. The lowest BCUT2D eigenvalue weighted by molar-refractivity contribution is -0.140. The molecule has 0 aromatic heterocycles. The number of benzene rings is 2. The van der Waals surface area contributed by atoms with Gasteiger partial charge in [0.2, 0.25) is 16.1 Å². The third-order valence-corrected chi connectivity index (χ3v) is 6.41. The average molecular weight is 450 g/mol. The van der Waals surface area contributed by atoms with Crippen LogP contribution in [0.2, 0.25) is 0 Å². The van der Waals surface area contributed by atoms with Crippen molar-refractivity contribution in [1.82, 2.24) is 5.32 Å². The highest BCUT2D eigenvalue weighted by Gasteiger charge is 2.28. The fourth-order valence-corrected chi connectivity index (χ4v) is 4.38. The maximum atomic E-state index is 12.6. The number of hydrogen-bond donors (Lipinski definition) is 3. The summed E-state index contributed by atoms with van der Waals surface area (Å²) in [6, 6.07) is 15.8. The molecule has 0 heterocycles. The highest BCUT2D eigenvalue weighted by molar-refractivity contribution is 8.18. The summed E-state index contributed by atoms with van der Waals surface area (Å²) in [5, 5.41) is 9.99. The molecule has 152 valence electrons. The molecule has 29 heavy (non-hydrogen) atoms. The normalized spacial score (nSPS) is 12.6. The predicted octanol–water partition coefficient (Wildman–Crippen LogP) is 3.00. The van der Waals surface area contributed by atoms with E-state index in [4.69, 9.17) is 5.11 Å². The van der Waals surface area contributed by atoms with Crippen molar-refractivity contribution in [3.05, 3.63) is 71.8 Å². The third-order valence-electron chi connectivity index (χ3n) is 3.72. The van der Waals surface area contributed by atoms with Gasteiger partial charge in [0.25, 0.3) is 0 Å². The Kier molecular flexibility index (Phi) is 9.30. The molecule has 0 spiro atoms. The fourth-order valence-electron chi connectivity index (χ4n) is 2.19. The number of rotatable bonds is 9. The van der Waals surface area contributed by atoms with Crippen LogP contribution < -0.4 is 5.32 Å². The Morgan fingerprint density at radius 2 is 1.41 bits per heavy atom. The summed E-state index contributed by atoms with van der Waals surface area (Å²) in [4.78, 5) is 48.7. The predicted molar refractivity (Wildman–Crippen MR) is 119 cm³/mol. The van der Waals surface area contributed by atoms with Crippen molar-refractivity contribution >= 4 is 58.3 Å². The Morgan fingerprint density at radius 1 is 0.897 bits per heavy atom. The molecule has 0 radical (unpaired) electrons. The molecular formula is C20H19NO5S3. The Bertz CT molecular complexity index is 861. The zero-order valence-electron chi connectivity index (χ0n) is 15.2. The van der Waals surface area contributed by atoms with Gasteiger partial charge >= 0.3 is 5.97 Å². The van der Waals surface area contributed by atoms with Crippen LogP contribution in [0.15, 0.2) is 60.7 Å². The second kappa shape index (κ2) is 11.7.